The number of ether oxygens (including phenoxy) is 1. The number of aromatic amines is 1. The molecule has 7 nitrogen and oxygen atoms in total. The number of methoxy groups -OCH3 is 1. The Balaban J connectivity index is 1.52. The van der Waals surface area contributed by atoms with Crippen LogP contribution in [0.15, 0.2) is 30.5 Å². The molecule has 3 rings (SSSR count). The summed E-state index contributed by atoms with van der Waals surface area (Å²) >= 11 is 0. The molecule has 0 radical (unpaired) electrons. The maximum absolute atomic E-state index is 10.9. The summed E-state index contributed by atoms with van der Waals surface area (Å²) < 4.78 is 5.20. The Labute approximate surface area is 153 Å². The fraction of sp³-hybridized carbons (Fsp3) is 0.474. The molecule has 0 unspecified atom stereocenters. The highest BCUT2D eigenvalue weighted by atomic mass is 16.5. The minimum absolute atomic E-state index is 0.122. The number of aliphatic carboxylic acids is 1. The number of rotatable bonds is 9. The molecule has 1 saturated carbocycles. The molecular formula is C19H26N4O3. The van der Waals surface area contributed by atoms with Gasteiger partial charge in [-0.15, -0.1) is 0 Å². The highest BCUT2D eigenvalue weighted by Crippen LogP contribution is 2.27. The van der Waals surface area contributed by atoms with Crippen LogP contribution in [-0.4, -0.2) is 58.5 Å². The third-order valence-corrected chi connectivity index (χ3v) is 5.05. The second-order valence-corrected chi connectivity index (χ2v) is 6.66. The van der Waals surface area contributed by atoms with Crippen LogP contribution >= 0.6 is 0 Å². The molecule has 1 aliphatic rings. The number of carbonyl (C=O) groups is 1. The standard InChI is InChI=1S/C19H26N4O3/c1-3-23(12-18(24)25)16-8-15(9-16)20-10-14-11-21-22-19(14)13-4-6-17(26-2)7-5-13/h4-7,11,15-16,20H,3,8-10,12H2,1-2H3,(H,21,22)(H,24,25). The number of likely N-dealkylation sites (N-methyl/N-ethyl adjacent to an activating group) is 1. The zero-order valence-electron chi connectivity index (χ0n) is 15.2. The number of benzene rings is 1. The third kappa shape index (κ3) is 4.23. The van der Waals surface area contributed by atoms with E-state index in [2.05, 4.69) is 15.5 Å². The van der Waals surface area contributed by atoms with Crippen LogP contribution in [0.25, 0.3) is 11.3 Å². The Bertz CT molecular complexity index is 723. The van der Waals surface area contributed by atoms with Gasteiger partial charge in [-0.05, 0) is 43.7 Å². The van der Waals surface area contributed by atoms with E-state index in [0.29, 0.717) is 12.1 Å². The van der Waals surface area contributed by atoms with Crippen molar-refractivity contribution in [2.24, 2.45) is 0 Å². The first-order chi connectivity index (χ1) is 12.6. The minimum Gasteiger partial charge on any atom is -0.497 e. The van der Waals surface area contributed by atoms with Crippen molar-refractivity contribution < 1.29 is 14.6 Å². The van der Waals surface area contributed by atoms with Crippen molar-refractivity contribution in [3.63, 3.8) is 0 Å². The molecule has 1 fully saturated rings. The van der Waals surface area contributed by atoms with Gasteiger partial charge in [-0.1, -0.05) is 6.92 Å². The topological polar surface area (TPSA) is 90.5 Å². The number of H-pyrrole nitrogens is 1. The lowest BCUT2D eigenvalue weighted by molar-refractivity contribution is -0.139. The average molecular weight is 358 g/mol. The van der Waals surface area contributed by atoms with Crippen molar-refractivity contribution in [3.8, 4) is 17.0 Å². The fourth-order valence-electron chi connectivity index (χ4n) is 3.43. The number of carboxylic acid groups (broad SMARTS) is 1. The van der Waals surface area contributed by atoms with Gasteiger partial charge in [-0.2, -0.15) is 5.10 Å². The predicted molar refractivity (Wildman–Crippen MR) is 99.1 cm³/mol. The Hall–Kier alpha value is -2.38. The summed E-state index contributed by atoms with van der Waals surface area (Å²) in [5.74, 6) is 0.0704. The summed E-state index contributed by atoms with van der Waals surface area (Å²) in [6.45, 7) is 3.64. The molecule has 0 aliphatic heterocycles. The number of nitrogens with zero attached hydrogens (tertiary/aromatic N) is 2. The summed E-state index contributed by atoms with van der Waals surface area (Å²) in [5, 5.41) is 19.8. The number of hydrogen-bond acceptors (Lipinski definition) is 5. The van der Waals surface area contributed by atoms with E-state index in [0.717, 1.165) is 48.5 Å². The Morgan fingerprint density at radius 1 is 1.38 bits per heavy atom. The maximum atomic E-state index is 10.9. The van der Waals surface area contributed by atoms with Crippen LogP contribution in [0.3, 0.4) is 0 Å². The van der Waals surface area contributed by atoms with Gasteiger partial charge in [0.2, 0.25) is 0 Å². The van der Waals surface area contributed by atoms with E-state index in [1.54, 1.807) is 7.11 Å². The van der Waals surface area contributed by atoms with Crippen molar-refractivity contribution >= 4 is 5.97 Å². The molecule has 1 heterocycles. The van der Waals surface area contributed by atoms with Crippen LogP contribution in [0, 0.1) is 0 Å². The quantitative estimate of drug-likeness (QED) is 0.636. The molecule has 0 saturated heterocycles. The minimum atomic E-state index is -0.759. The lowest BCUT2D eigenvalue weighted by atomic mass is 9.85. The summed E-state index contributed by atoms with van der Waals surface area (Å²) in [7, 11) is 1.66. The number of aromatic nitrogens is 2. The second kappa shape index (κ2) is 8.33. The fourth-order valence-corrected chi connectivity index (χ4v) is 3.43. The molecule has 0 amide bonds. The first kappa shape index (κ1) is 18.4. The van der Waals surface area contributed by atoms with Gasteiger partial charge in [-0.3, -0.25) is 14.8 Å². The molecule has 0 atom stereocenters. The lowest BCUT2D eigenvalue weighted by Crippen LogP contribution is -2.53. The highest BCUT2D eigenvalue weighted by Gasteiger charge is 2.33. The average Bonchev–Trinajstić information content (AvgIpc) is 3.07. The molecule has 3 N–H and O–H groups in total. The molecule has 0 bridgehead atoms. The monoisotopic (exact) mass is 358 g/mol. The van der Waals surface area contributed by atoms with Crippen LogP contribution in [0.4, 0.5) is 0 Å². The Kier molecular flexibility index (Phi) is 5.90. The van der Waals surface area contributed by atoms with Gasteiger partial charge in [0.15, 0.2) is 0 Å². The van der Waals surface area contributed by atoms with Gasteiger partial charge >= 0.3 is 5.97 Å². The van der Waals surface area contributed by atoms with Crippen molar-refractivity contribution in [3.05, 3.63) is 36.0 Å². The van der Waals surface area contributed by atoms with E-state index < -0.39 is 5.97 Å². The number of nitrogens with one attached hydrogen (secondary N) is 2. The molecule has 26 heavy (non-hydrogen) atoms. The van der Waals surface area contributed by atoms with E-state index in [1.807, 2.05) is 42.3 Å². The first-order valence-electron chi connectivity index (χ1n) is 8.96. The molecule has 0 spiro atoms. The lowest BCUT2D eigenvalue weighted by Gasteiger charge is -2.42. The van der Waals surface area contributed by atoms with Crippen molar-refractivity contribution in [2.45, 2.75) is 38.4 Å². The number of carboxylic acids is 1. The molecule has 1 aromatic heterocycles. The van der Waals surface area contributed by atoms with Gasteiger partial charge in [0, 0.05) is 29.8 Å². The molecular weight excluding hydrogens is 332 g/mol. The molecule has 7 heteroatoms. The highest BCUT2D eigenvalue weighted by molar-refractivity contribution is 5.69. The van der Waals surface area contributed by atoms with Crippen LogP contribution in [0.5, 0.6) is 5.75 Å². The van der Waals surface area contributed by atoms with Crippen LogP contribution in [0.1, 0.15) is 25.3 Å². The van der Waals surface area contributed by atoms with E-state index in [-0.39, 0.29) is 6.54 Å². The van der Waals surface area contributed by atoms with E-state index in [4.69, 9.17) is 9.84 Å². The zero-order chi connectivity index (χ0) is 18.5. The van der Waals surface area contributed by atoms with E-state index in [9.17, 15) is 4.79 Å². The van der Waals surface area contributed by atoms with Crippen LogP contribution < -0.4 is 10.1 Å². The molecule has 1 aliphatic carbocycles. The normalized spacial score (nSPS) is 19.3. The Morgan fingerprint density at radius 3 is 2.73 bits per heavy atom. The van der Waals surface area contributed by atoms with Gasteiger partial charge in [0.1, 0.15) is 5.75 Å². The zero-order valence-corrected chi connectivity index (χ0v) is 15.2. The summed E-state index contributed by atoms with van der Waals surface area (Å²) in [5.41, 5.74) is 3.21. The number of hydrogen-bond donors (Lipinski definition) is 3. The molecule has 2 aromatic rings. The maximum Gasteiger partial charge on any atom is 0.317 e. The summed E-state index contributed by atoms with van der Waals surface area (Å²) in [6.07, 6.45) is 3.82. The van der Waals surface area contributed by atoms with Crippen molar-refractivity contribution in [1.29, 1.82) is 0 Å². The van der Waals surface area contributed by atoms with E-state index >= 15 is 0 Å². The predicted octanol–water partition coefficient (Wildman–Crippen LogP) is 2.11. The SMILES string of the molecule is CCN(CC(=O)O)C1CC(NCc2cn[nH]c2-c2ccc(OC)cc2)C1. The summed E-state index contributed by atoms with van der Waals surface area (Å²) in [4.78, 5) is 12.9. The Morgan fingerprint density at radius 2 is 2.12 bits per heavy atom. The first-order valence-corrected chi connectivity index (χ1v) is 8.96. The largest absolute Gasteiger partial charge is 0.497 e. The van der Waals surface area contributed by atoms with Gasteiger partial charge in [-0.25, -0.2) is 0 Å². The van der Waals surface area contributed by atoms with Gasteiger partial charge in [0.25, 0.3) is 0 Å². The molecule has 140 valence electrons. The second-order valence-electron chi connectivity index (χ2n) is 6.66. The van der Waals surface area contributed by atoms with Crippen LogP contribution in [-0.2, 0) is 11.3 Å². The van der Waals surface area contributed by atoms with Gasteiger partial charge < -0.3 is 15.2 Å². The van der Waals surface area contributed by atoms with Crippen molar-refractivity contribution in [2.75, 3.05) is 20.2 Å². The smallest absolute Gasteiger partial charge is 0.317 e. The molecule has 1 aromatic carbocycles. The van der Waals surface area contributed by atoms with Crippen molar-refractivity contribution in [1.82, 2.24) is 20.4 Å². The third-order valence-electron chi connectivity index (χ3n) is 5.05. The van der Waals surface area contributed by atoms with E-state index in [1.165, 1.54) is 0 Å². The van der Waals surface area contributed by atoms with Crippen LogP contribution in [0.2, 0.25) is 0 Å². The summed E-state index contributed by atoms with van der Waals surface area (Å²) in [6, 6.07) is 8.68. The van der Waals surface area contributed by atoms with Gasteiger partial charge in [0.05, 0.1) is 25.5 Å².